The Bertz CT molecular complexity index is 352. The molecule has 0 saturated heterocycles. The van der Waals surface area contributed by atoms with Gasteiger partial charge in [0.25, 0.3) is 0 Å². The van der Waals surface area contributed by atoms with E-state index in [2.05, 4.69) is 21.2 Å². The van der Waals surface area contributed by atoms with Crippen LogP contribution in [-0.4, -0.2) is 16.3 Å². The van der Waals surface area contributed by atoms with Crippen molar-refractivity contribution in [3.63, 3.8) is 0 Å². The highest BCUT2D eigenvalue weighted by molar-refractivity contribution is 9.10. The summed E-state index contributed by atoms with van der Waals surface area (Å²) in [6, 6.07) is 0.268. The van der Waals surface area contributed by atoms with Crippen LogP contribution in [0.15, 0.2) is 0 Å². The second-order valence-electron chi connectivity index (χ2n) is 7.51. The van der Waals surface area contributed by atoms with Gasteiger partial charge in [0.2, 0.25) is 5.91 Å². The van der Waals surface area contributed by atoms with Crippen LogP contribution in [0.1, 0.15) is 58.8 Å². The molecule has 4 aliphatic carbocycles. The molecule has 1 N–H and O–H groups in total. The zero-order valence-corrected chi connectivity index (χ0v) is 13.1. The van der Waals surface area contributed by atoms with E-state index in [1.807, 2.05) is 13.8 Å². The van der Waals surface area contributed by atoms with E-state index in [4.69, 9.17) is 0 Å². The number of rotatable bonds is 3. The van der Waals surface area contributed by atoms with Crippen LogP contribution in [0.4, 0.5) is 0 Å². The van der Waals surface area contributed by atoms with Gasteiger partial charge in [-0.25, -0.2) is 0 Å². The molecule has 4 saturated carbocycles. The van der Waals surface area contributed by atoms with Crippen molar-refractivity contribution in [2.75, 3.05) is 0 Å². The Morgan fingerprint density at radius 2 is 1.89 bits per heavy atom. The molecule has 4 bridgehead atoms. The van der Waals surface area contributed by atoms with Gasteiger partial charge < -0.3 is 5.32 Å². The van der Waals surface area contributed by atoms with Crippen molar-refractivity contribution in [1.82, 2.24) is 5.32 Å². The van der Waals surface area contributed by atoms with Crippen molar-refractivity contribution in [3.8, 4) is 0 Å². The van der Waals surface area contributed by atoms with Gasteiger partial charge in [-0.05, 0) is 69.6 Å². The van der Waals surface area contributed by atoms with Crippen LogP contribution in [-0.2, 0) is 4.79 Å². The summed E-state index contributed by atoms with van der Waals surface area (Å²) < 4.78 is 0.370. The number of alkyl halides is 1. The summed E-state index contributed by atoms with van der Waals surface area (Å²) in [6.45, 7) is 4.09. The molecule has 0 radical (unpaired) electrons. The molecule has 4 rings (SSSR count). The number of hydrogen-bond acceptors (Lipinski definition) is 1. The van der Waals surface area contributed by atoms with Crippen LogP contribution in [0.2, 0.25) is 0 Å². The van der Waals surface area contributed by atoms with Gasteiger partial charge in [-0.15, -0.1) is 0 Å². The van der Waals surface area contributed by atoms with Crippen LogP contribution in [0.3, 0.4) is 0 Å². The monoisotopic (exact) mass is 313 g/mol. The maximum absolute atomic E-state index is 12.1. The minimum absolute atomic E-state index is 0.267. The van der Waals surface area contributed by atoms with Gasteiger partial charge in [-0.1, -0.05) is 15.9 Å². The lowest BCUT2D eigenvalue weighted by molar-refractivity contribution is -0.128. The molecule has 4 aliphatic rings. The highest BCUT2D eigenvalue weighted by Crippen LogP contribution is 2.65. The third kappa shape index (κ3) is 2.35. The lowest BCUT2D eigenvalue weighted by Crippen LogP contribution is -2.54. The van der Waals surface area contributed by atoms with Gasteiger partial charge in [0.15, 0.2) is 0 Å². The molecule has 0 aromatic carbocycles. The van der Waals surface area contributed by atoms with Gasteiger partial charge in [-0.3, -0.25) is 4.79 Å². The summed E-state index contributed by atoms with van der Waals surface area (Å²) in [4.78, 5) is 12.1. The molecule has 4 fully saturated rings. The maximum atomic E-state index is 12.1. The molecular weight excluding hydrogens is 290 g/mol. The topological polar surface area (TPSA) is 29.1 Å². The van der Waals surface area contributed by atoms with E-state index in [1.54, 1.807) is 0 Å². The van der Waals surface area contributed by atoms with Crippen molar-refractivity contribution >= 4 is 21.8 Å². The molecule has 2 atom stereocenters. The maximum Gasteiger partial charge on any atom is 0.220 e. The molecule has 2 unspecified atom stereocenters. The van der Waals surface area contributed by atoms with E-state index in [9.17, 15) is 4.79 Å². The predicted octanol–water partition coefficient (Wildman–Crippen LogP) is 3.64. The summed E-state index contributed by atoms with van der Waals surface area (Å²) in [5, 5.41) is 3.08. The van der Waals surface area contributed by atoms with Crippen LogP contribution < -0.4 is 5.32 Å². The van der Waals surface area contributed by atoms with Gasteiger partial charge in [0.05, 0.1) is 0 Å². The number of nitrogens with one attached hydrogen (secondary N) is 1. The van der Waals surface area contributed by atoms with E-state index in [-0.39, 0.29) is 11.9 Å². The molecular formula is C15H24BrNO. The quantitative estimate of drug-likeness (QED) is 0.792. The van der Waals surface area contributed by atoms with E-state index < -0.39 is 0 Å². The standard InChI is InChI=1S/C15H24BrNO/c1-10(2)17-13(18)8-14-4-11-3-12(5-14)7-15(16,6-11)9-14/h10-12H,3-9H2,1-2H3,(H,17,18). The molecule has 18 heavy (non-hydrogen) atoms. The molecule has 0 aromatic heterocycles. The first-order valence-electron chi connectivity index (χ1n) is 7.36. The Hall–Kier alpha value is -0.0500. The summed E-state index contributed by atoms with van der Waals surface area (Å²) in [6.07, 6.45) is 8.67. The van der Waals surface area contributed by atoms with Crippen LogP contribution in [0.5, 0.6) is 0 Å². The fourth-order valence-corrected chi connectivity index (χ4v) is 6.77. The lowest BCUT2D eigenvalue weighted by atomic mass is 9.48. The Balaban J connectivity index is 1.73. The average molecular weight is 314 g/mol. The van der Waals surface area contributed by atoms with E-state index in [1.165, 1.54) is 38.5 Å². The third-order valence-corrected chi connectivity index (χ3v) is 6.02. The second kappa shape index (κ2) is 4.22. The summed E-state index contributed by atoms with van der Waals surface area (Å²) in [5.41, 5.74) is 0.312. The number of hydrogen-bond donors (Lipinski definition) is 1. The lowest BCUT2D eigenvalue weighted by Gasteiger charge is -2.60. The van der Waals surface area contributed by atoms with Crippen LogP contribution >= 0.6 is 15.9 Å². The van der Waals surface area contributed by atoms with Crippen molar-refractivity contribution in [2.24, 2.45) is 17.3 Å². The minimum Gasteiger partial charge on any atom is -0.354 e. The van der Waals surface area contributed by atoms with Crippen molar-refractivity contribution in [1.29, 1.82) is 0 Å². The van der Waals surface area contributed by atoms with Gasteiger partial charge in [-0.2, -0.15) is 0 Å². The second-order valence-corrected chi connectivity index (χ2v) is 9.19. The Morgan fingerprint density at radius 3 is 2.39 bits per heavy atom. The third-order valence-electron chi connectivity index (χ3n) is 5.10. The summed E-state index contributed by atoms with van der Waals surface area (Å²) in [5.74, 6) is 2.01. The average Bonchev–Trinajstić information content (AvgIpc) is 2.08. The molecule has 0 spiro atoms. The van der Waals surface area contributed by atoms with E-state index >= 15 is 0 Å². The molecule has 0 aromatic rings. The molecule has 3 heteroatoms. The highest BCUT2D eigenvalue weighted by atomic mass is 79.9. The number of amides is 1. The van der Waals surface area contributed by atoms with E-state index in [0.717, 1.165) is 18.3 Å². The molecule has 0 aliphatic heterocycles. The fraction of sp³-hybridized carbons (Fsp3) is 0.933. The van der Waals surface area contributed by atoms with Crippen LogP contribution in [0.25, 0.3) is 0 Å². The molecule has 102 valence electrons. The SMILES string of the molecule is CC(C)NC(=O)CC12CC3CC(CC(Br)(C3)C1)C2. The number of carbonyl (C=O) groups is 1. The Morgan fingerprint density at radius 1 is 1.28 bits per heavy atom. The van der Waals surface area contributed by atoms with E-state index in [0.29, 0.717) is 9.74 Å². The zero-order valence-electron chi connectivity index (χ0n) is 11.5. The summed E-state index contributed by atoms with van der Waals surface area (Å²) >= 11 is 4.00. The Labute approximate surface area is 118 Å². The van der Waals surface area contributed by atoms with Gasteiger partial charge >= 0.3 is 0 Å². The van der Waals surface area contributed by atoms with Gasteiger partial charge in [0.1, 0.15) is 0 Å². The molecule has 0 heterocycles. The van der Waals surface area contributed by atoms with Crippen LogP contribution in [0, 0.1) is 17.3 Å². The van der Waals surface area contributed by atoms with Gasteiger partial charge in [0, 0.05) is 16.8 Å². The zero-order chi connectivity index (χ0) is 13.0. The first-order chi connectivity index (χ1) is 8.38. The Kier molecular flexibility index (Phi) is 3.04. The normalized spacial score (nSPS) is 45.6. The number of halogens is 1. The number of carbonyl (C=O) groups excluding carboxylic acids is 1. The predicted molar refractivity (Wildman–Crippen MR) is 76.7 cm³/mol. The van der Waals surface area contributed by atoms with Crippen molar-refractivity contribution in [2.45, 2.75) is 69.2 Å². The smallest absolute Gasteiger partial charge is 0.220 e. The van der Waals surface area contributed by atoms with Crippen molar-refractivity contribution < 1.29 is 4.79 Å². The highest BCUT2D eigenvalue weighted by Gasteiger charge is 2.57. The van der Waals surface area contributed by atoms with Crippen molar-refractivity contribution in [3.05, 3.63) is 0 Å². The summed E-state index contributed by atoms with van der Waals surface area (Å²) in [7, 11) is 0. The first-order valence-corrected chi connectivity index (χ1v) is 8.16. The first kappa shape index (κ1) is 13.0. The minimum atomic E-state index is 0.267. The fourth-order valence-electron chi connectivity index (χ4n) is 5.26. The largest absolute Gasteiger partial charge is 0.354 e. The molecule has 1 amide bonds. The molecule has 2 nitrogen and oxygen atoms in total.